The van der Waals surface area contributed by atoms with E-state index >= 15 is 4.39 Å². The highest BCUT2D eigenvalue weighted by Gasteiger charge is 2.37. The second-order valence-electron chi connectivity index (χ2n) is 5.05. The van der Waals surface area contributed by atoms with Crippen LogP contribution in [0.3, 0.4) is 0 Å². The van der Waals surface area contributed by atoms with Gasteiger partial charge in [-0.3, -0.25) is 0 Å². The van der Waals surface area contributed by atoms with E-state index in [0.717, 1.165) is 29.3 Å². The Hall–Kier alpha value is -1.35. The Bertz CT molecular complexity index is 524. The van der Waals surface area contributed by atoms with E-state index in [1.807, 2.05) is 30.5 Å². The van der Waals surface area contributed by atoms with Gasteiger partial charge in [0, 0.05) is 23.1 Å². The number of hydrogen-bond acceptors (Lipinski definition) is 1. The number of hydrogen-bond donors (Lipinski definition) is 2. The van der Waals surface area contributed by atoms with Gasteiger partial charge in [0.25, 0.3) is 0 Å². The number of aromatic amines is 1. The van der Waals surface area contributed by atoms with Crippen molar-refractivity contribution in [3.8, 4) is 0 Å². The fraction of sp³-hybridized carbons (Fsp3) is 0.429. The maximum Gasteiger partial charge on any atom is 0.136 e. The van der Waals surface area contributed by atoms with Gasteiger partial charge in [0.2, 0.25) is 0 Å². The molecule has 2 nitrogen and oxygen atoms in total. The molecule has 0 bridgehead atoms. The molecule has 0 atom stereocenters. The van der Waals surface area contributed by atoms with Gasteiger partial charge in [-0.15, -0.1) is 0 Å². The highest BCUT2D eigenvalue weighted by molar-refractivity contribution is 5.83. The second kappa shape index (κ2) is 3.84. The van der Waals surface area contributed by atoms with Crippen LogP contribution in [0.4, 0.5) is 4.39 Å². The highest BCUT2D eigenvalue weighted by atomic mass is 19.1. The van der Waals surface area contributed by atoms with Crippen molar-refractivity contribution in [3.63, 3.8) is 0 Å². The van der Waals surface area contributed by atoms with Crippen LogP contribution >= 0.6 is 0 Å². The molecule has 0 amide bonds. The van der Waals surface area contributed by atoms with E-state index < -0.39 is 5.67 Å². The predicted molar refractivity (Wildman–Crippen MR) is 67.5 cm³/mol. The number of nitrogens with two attached hydrogens (primary N) is 1. The van der Waals surface area contributed by atoms with E-state index in [1.165, 1.54) is 0 Å². The van der Waals surface area contributed by atoms with Gasteiger partial charge in [0.15, 0.2) is 0 Å². The largest absolute Gasteiger partial charge is 0.361 e. The van der Waals surface area contributed by atoms with Gasteiger partial charge in [-0.2, -0.15) is 0 Å². The maximum absolute atomic E-state index is 15.0. The van der Waals surface area contributed by atoms with Gasteiger partial charge in [-0.1, -0.05) is 12.1 Å². The van der Waals surface area contributed by atoms with Crippen molar-refractivity contribution < 1.29 is 4.39 Å². The number of aromatic nitrogens is 1. The van der Waals surface area contributed by atoms with Gasteiger partial charge in [0.05, 0.1) is 0 Å². The predicted octanol–water partition coefficient (Wildman–Crippen LogP) is 3.23. The van der Waals surface area contributed by atoms with Crippen molar-refractivity contribution in [1.82, 2.24) is 4.98 Å². The Morgan fingerprint density at radius 2 is 2.00 bits per heavy atom. The zero-order chi connectivity index (χ0) is 11.9. The number of H-pyrrole nitrogens is 1. The average Bonchev–Trinajstić information content (AvgIpc) is 2.81. The lowest BCUT2D eigenvalue weighted by molar-refractivity contribution is 0.0996. The summed E-state index contributed by atoms with van der Waals surface area (Å²) in [5.41, 5.74) is 6.49. The monoisotopic (exact) mass is 232 g/mol. The highest BCUT2D eigenvalue weighted by Crippen LogP contribution is 2.42. The lowest BCUT2D eigenvalue weighted by Crippen LogP contribution is -2.34. The minimum atomic E-state index is -1.20. The molecule has 0 aliphatic heterocycles. The number of rotatable bonds is 1. The third-order valence-electron chi connectivity index (χ3n) is 3.90. The lowest BCUT2D eigenvalue weighted by Gasteiger charge is -2.33. The molecule has 1 aromatic carbocycles. The van der Waals surface area contributed by atoms with Crippen LogP contribution in [-0.2, 0) is 5.67 Å². The lowest BCUT2D eigenvalue weighted by atomic mass is 9.78. The molecule has 1 fully saturated rings. The molecule has 1 saturated carbocycles. The summed E-state index contributed by atoms with van der Waals surface area (Å²) in [7, 11) is 0. The van der Waals surface area contributed by atoms with E-state index in [0.29, 0.717) is 12.8 Å². The molecule has 3 rings (SSSR count). The van der Waals surface area contributed by atoms with Crippen molar-refractivity contribution in [2.24, 2.45) is 5.73 Å². The number of halogens is 1. The first-order valence-corrected chi connectivity index (χ1v) is 6.20. The molecule has 0 spiro atoms. The second-order valence-corrected chi connectivity index (χ2v) is 5.05. The topological polar surface area (TPSA) is 41.8 Å². The van der Waals surface area contributed by atoms with E-state index in [2.05, 4.69) is 4.98 Å². The Labute approximate surface area is 100 Å². The molecule has 1 heterocycles. The van der Waals surface area contributed by atoms with Crippen molar-refractivity contribution >= 4 is 10.9 Å². The van der Waals surface area contributed by atoms with Crippen molar-refractivity contribution in [2.45, 2.75) is 37.4 Å². The van der Waals surface area contributed by atoms with Crippen LogP contribution in [0.25, 0.3) is 10.9 Å². The fourth-order valence-electron chi connectivity index (χ4n) is 2.84. The molecule has 90 valence electrons. The molecule has 0 saturated heterocycles. The quantitative estimate of drug-likeness (QED) is 0.778. The van der Waals surface area contributed by atoms with Crippen molar-refractivity contribution in [1.29, 1.82) is 0 Å². The Morgan fingerprint density at radius 1 is 1.24 bits per heavy atom. The average molecular weight is 232 g/mol. The van der Waals surface area contributed by atoms with Gasteiger partial charge >= 0.3 is 0 Å². The standard InChI is InChI=1S/C14H17FN2/c15-14(7-4-10(16)5-8-14)12-2-1-3-13-11(12)6-9-17-13/h1-3,6,9-10,17H,4-5,7-8,16H2. The molecular weight excluding hydrogens is 215 g/mol. The summed E-state index contributed by atoms with van der Waals surface area (Å²) in [6.07, 6.45) is 4.50. The molecule has 1 aromatic heterocycles. The minimum absolute atomic E-state index is 0.171. The summed E-state index contributed by atoms with van der Waals surface area (Å²) in [4.78, 5) is 3.13. The van der Waals surface area contributed by atoms with Gasteiger partial charge < -0.3 is 10.7 Å². The van der Waals surface area contributed by atoms with Crippen LogP contribution in [0.5, 0.6) is 0 Å². The summed E-state index contributed by atoms with van der Waals surface area (Å²) >= 11 is 0. The maximum atomic E-state index is 15.0. The third-order valence-corrected chi connectivity index (χ3v) is 3.90. The summed E-state index contributed by atoms with van der Waals surface area (Å²) in [5, 5.41) is 1.01. The molecule has 0 radical (unpaired) electrons. The molecule has 3 heteroatoms. The number of nitrogens with one attached hydrogen (secondary N) is 1. The summed E-state index contributed by atoms with van der Waals surface area (Å²) in [5.74, 6) is 0. The van der Waals surface area contributed by atoms with Crippen LogP contribution in [0.1, 0.15) is 31.2 Å². The van der Waals surface area contributed by atoms with Gasteiger partial charge in [-0.25, -0.2) is 4.39 Å². The van der Waals surface area contributed by atoms with Gasteiger partial charge in [0.1, 0.15) is 5.67 Å². The molecule has 1 aliphatic rings. The third kappa shape index (κ3) is 1.75. The normalized spacial score (nSPS) is 29.6. The minimum Gasteiger partial charge on any atom is -0.361 e. The van der Waals surface area contributed by atoms with E-state index in [1.54, 1.807) is 0 Å². The first-order valence-electron chi connectivity index (χ1n) is 6.20. The van der Waals surface area contributed by atoms with E-state index in [9.17, 15) is 0 Å². The molecular formula is C14H17FN2. The van der Waals surface area contributed by atoms with Crippen LogP contribution in [0.15, 0.2) is 30.5 Å². The van der Waals surface area contributed by atoms with E-state index in [-0.39, 0.29) is 6.04 Å². The van der Waals surface area contributed by atoms with Crippen molar-refractivity contribution in [3.05, 3.63) is 36.0 Å². The summed E-state index contributed by atoms with van der Waals surface area (Å²) in [6, 6.07) is 7.94. The molecule has 0 unspecified atom stereocenters. The first-order chi connectivity index (χ1) is 8.19. The van der Waals surface area contributed by atoms with Crippen molar-refractivity contribution in [2.75, 3.05) is 0 Å². The fourth-order valence-corrected chi connectivity index (χ4v) is 2.84. The van der Waals surface area contributed by atoms with E-state index in [4.69, 9.17) is 5.73 Å². The summed E-state index contributed by atoms with van der Waals surface area (Å²) in [6.45, 7) is 0. The SMILES string of the molecule is NC1CCC(F)(c2cccc3[nH]ccc23)CC1. The summed E-state index contributed by atoms with van der Waals surface area (Å²) < 4.78 is 15.0. The van der Waals surface area contributed by atoms with Crippen LogP contribution in [0, 0.1) is 0 Å². The van der Waals surface area contributed by atoms with Crippen LogP contribution in [0.2, 0.25) is 0 Å². The molecule has 3 N–H and O–H groups in total. The van der Waals surface area contributed by atoms with Crippen LogP contribution in [-0.4, -0.2) is 11.0 Å². The Morgan fingerprint density at radius 3 is 2.76 bits per heavy atom. The number of alkyl halides is 1. The van der Waals surface area contributed by atoms with Gasteiger partial charge in [-0.05, 0) is 43.4 Å². The van der Waals surface area contributed by atoms with Crippen LogP contribution < -0.4 is 5.73 Å². The Kier molecular flexibility index (Phi) is 2.44. The number of fused-ring (bicyclic) bond motifs is 1. The Balaban J connectivity index is 2.05. The zero-order valence-corrected chi connectivity index (χ0v) is 9.75. The smallest absolute Gasteiger partial charge is 0.136 e. The molecule has 1 aliphatic carbocycles. The molecule has 2 aromatic rings. The molecule has 17 heavy (non-hydrogen) atoms. The zero-order valence-electron chi connectivity index (χ0n) is 9.75. The number of benzene rings is 1. The first kappa shape index (κ1) is 10.8.